The molecule has 1 unspecified atom stereocenters. The van der Waals surface area contributed by atoms with Crippen LogP contribution in [-0.2, 0) is 0 Å². The highest BCUT2D eigenvalue weighted by atomic mass is 31.1. The van der Waals surface area contributed by atoms with Crippen LogP contribution in [0, 0.1) is 0 Å². The zero-order valence-electron chi connectivity index (χ0n) is 11.9. The molecule has 0 amide bonds. The first kappa shape index (κ1) is 16.0. The van der Waals surface area contributed by atoms with Gasteiger partial charge in [0.05, 0.1) is 0 Å². The van der Waals surface area contributed by atoms with E-state index in [9.17, 15) is 0 Å². The van der Waals surface area contributed by atoms with Crippen molar-refractivity contribution in [2.75, 3.05) is 0 Å². The van der Waals surface area contributed by atoms with Gasteiger partial charge in [0.25, 0.3) is 0 Å². The maximum atomic E-state index is 3.80. The molecule has 0 saturated heterocycles. The molecule has 0 saturated carbocycles. The first-order chi connectivity index (χ1) is 6.34. The lowest BCUT2D eigenvalue weighted by Crippen LogP contribution is -2.56. The second-order valence-electron chi connectivity index (χ2n) is 7.16. The van der Waals surface area contributed by atoms with Crippen molar-refractivity contribution >= 4 is 33.6 Å². The van der Waals surface area contributed by atoms with Crippen LogP contribution in [-0.4, -0.2) is 28.7 Å². The van der Waals surface area contributed by atoms with Gasteiger partial charge < -0.3 is 8.75 Å². The smallest absolute Gasteiger partial charge is 0.121 e. The van der Waals surface area contributed by atoms with Gasteiger partial charge in [0, 0.05) is 8.88 Å². The molecule has 0 aliphatic carbocycles. The van der Waals surface area contributed by atoms with E-state index in [1.807, 2.05) is 0 Å². The molecule has 0 aromatic heterocycles. The van der Waals surface area contributed by atoms with E-state index in [0.29, 0.717) is 0 Å². The van der Waals surface area contributed by atoms with E-state index >= 15 is 0 Å². The molecule has 0 spiro atoms. The molecule has 0 fully saturated rings. The molecular formula is C9H29N2PSi3. The summed E-state index contributed by atoms with van der Waals surface area (Å²) in [5.41, 5.74) is 0. The van der Waals surface area contributed by atoms with E-state index in [4.69, 9.17) is 0 Å². The van der Waals surface area contributed by atoms with Crippen molar-refractivity contribution < 1.29 is 0 Å². The normalized spacial score (nSPS) is 15.6. The quantitative estimate of drug-likeness (QED) is 0.607. The van der Waals surface area contributed by atoms with Gasteiger partial charge in [0.15, 0.2) is 0 Å². The molecule has 0 rings (SSSR count). The summed E-state index contributed by atoms with van der Waals surface area (Å²) in [7, 11) is -2.58. The van der Waals surface area contributed by atoms with Crippen molar-refractivity contribution in [2.45, 2.75) is 58.9 Å². The number of nitrogens with zero attached hydrogens (tertiary/aromatic N) is 1. The molecule has 0 aliphatic heterocycles. The molecule has 0 radical (unpaired) electrons. The molecule has 92 valence electrons. The van der Waals surface area contributed by atoms with E-state index in [0.717, 1.165) is 8.88 Å². The maximum absolute atomic E-state index is 3.80. The van der Waals surface area contributed by atoms with Crippen LogP contribution in [0.5, 0.6) is 0 Å². The number of rotatable bonds is 5. The molecule has 15 heavy (non-hydrogen) atoms. The summed E-state index contributed by atoms with van der Waals surface area (Å²) >= 11 is 0. The molecular weight excluding hydrogens is 251 g/mol. The molecule has 0 aromatic carbocycles. The highest BCUT2D eigenvalue weighted by Gasteiger charge is 2.34. The highest BCUT2D eigenvalue weighted by Crippen LogP contribution is 2.31. The van der Waals surface area contributed by atoms with Crippen LogP contribution in [0.3, 0.4) is 0 Å². The zero-order valence-corrected chi connectivity index (χ0v) is 15.9. The fourth-order valence-corrected chi connectivity index (χ4v) is 15.1. The molecule has 2 nitrogen and oxygen atoms in total. The summed E-state index contributed by atoms with van der Waals surface area (Å²) in [5.74, 6) is 0. The Bertz CT molecular complexity index is 189. The molecule has 0 aliphatic rings. The monoisotopic (exact) mass is 280 g/mol. The maximum Gasteiger partial charge on any atom is 0.121 e. The lowest BCUT2D eigenvalue weighted by Gasteiger charge is -2.44. The van der Waals surface area contributed by atoms with E-state index in [-0.39, 0.29) is 0 Å². The van der Waals surface area contributed by atoms with Gasteiger partial charge in [-0.25, -0.2) is 0 Å². The van der Waals surface area contributed by atoms with Crippen molar-refractivity contribution in [3.05, 3.63) is 0 Å². The minimum atomic E-state index is -1.15. The molecule has 0 aromatic rings. The molecule has 0 bridgehead atoms. The van der Waals surface area contributed by atoms with Crippen molar-refractivity contribution in [3.63, 3.8) is 0 Å². The zero-order chi connectivity index (χ0) is 12.5. The summed E-state index contributed by atoms with van der Waals surface area (Å²) in [4.78, 5) is 0. The lowest BCUT2D eigenvalue weighted by molar-refractivity contribution is 0.975. The van der Waals surface area contributed by atoms with Gasteiger partial charge >= 0.3 is 0 Å². The third-order valence-corrected chi connectivity index (χ3v) is 17.0. The number of hydrogen-bond donors (Lipinski definition) is 1. The molecule has 1 atom stereocenters. The van der Waals surface area contributed by atoms with E-state index < -0.39 is 24.7 Å². The van der Waals surface area contributed by atoms with Crippen LogP contribution in [0.1, 0.15) is 0 Å². The van der Waals surface area contributed by atoms with Crippen LogP contribution >= 0.6 is 8.88 Å². The highest BCUT2D eigenvalue weighted by molar-refractivity contribution is 7.43. The van der Waals surface area contributed by atoms with Crippen LogP contribution in [0.4, 0.5) is 0 Å². The van der Waals surface area contributed by atoms with Crippen LogP contribution in [0.15, 0.2) is 0 Å². The van der Waals surface area contributed by atoms with Crippen molar-refractivity contribution in [1.29, 1.82) is 0 Å². The summed E-state index contributed by atoms with van der Waals surface area (Å²) in [6.45, 7) is 21.9. The van der Waals surface area contributed by atoms with E-state index in [2.05, 4.69) is 67.7 Å². The fraction of sp³-hybridized carbons (Fsp3) is 1.00. The third-order valence-electron chi connectivity index (χ3n) is 1.88. The van der Waals surface area contributed by atoms with Gasteiger partial charge in [-0.3, -0.25) is 0 Å². The van der Waals surface area contributed by atoms with Crippen LogP contribution in [0.25, 0.3) is 0 Å². The van der Waals surface area contributed by atoms with Crippen molar-refractivity contribution in [2.24, 2.45) is 0 Å². The Morgan fingerprint density at radius 1 is 0.733 bits per heavy atom. The predicted octanol–water partition coefficient (Wildman–Crippen LogP) is 3.89. The van der Waals surface area contributed by atoms with Crippen molar-refractivity contribution in [3.8, 4) is 0 Å². The average molecular weight is 281 g/mol. The van der Waals surface area contributed by atoms with Crippen molar-refractivity contribution in [1.82, 2.24) is 8.75 Å². The van der Waals surface area contributed by atoms with Gasteiger partial charge in [0.2, 0.25) is 0 Å². The third kappa shape index (κ3) is 7.02. The van der Waals surface area contributed by atoms with Gasteiger partial charge in [-0.1, -0.05) is 58.9 Å². The Labute approximate surface area is 101 Å². The summed E-state index contributed by atoms with van der Waals surface area (Å²) in [6.07, 6.45) is 0. The second-order valence-corrected chi connectivity index (χ2v) is 24.3. The standard InChI is InChI=1S/C9H29N2PSi3/c1-13(2,3)10-12-11(14(4,5)6)15(7,8)9/h10,12H,1-9H3. The van der Waals surface area contributed by atoms with E-state index in [1.54, 1.807) is 0 Å². The Kier molecular flexibility index (Phi) is 5.45. The Morgan fingerprint density at radius 3 is 1.27 bits per heavy atom. The Balaban J connectivity index is 4.56. The number of nitrogens with one attached hydrogen (secondary N) is 1. The Hall–Kier alpha value is 1.00. The topological polar surface area (TPSA) is 15.3 Å². The molecule has 0 heterocycles. The molecule has 1 N–H and O–H groups in total. The van der Waals surface area contributed by atoms with Crippen LogP contribution < -0.4 is 4.75 Å². The fourth-order valence-electron chi connectivity index (χ4n) is 1.57. The second kappa shape index (κ2) is 5.10. The average Bonchev–Trinajstić information content (AvgIpc) is 1.75. The number of hydrogen-bond acceptors (Lipinski definition) is 2. The van der Waals surface area contributed by atoms with E-state index in [1.165, 1.54) is 0 Å². The molecule has 6 heteroatoms. The SMILES string of the molecule is C[Si](C)(C)NPN([Si](C)(C)C)[Si](C)(C)C. The Morgan fingerprint density at radius 2 is 1.07 bits per heavy atom. The van der Waals surface area contributed by atoms with Gasteiger partial charge in [0.1, 0.15) is 24.7 Å². The van der Waals surface area contributed by atoms with Gasteiger partial charge in [-0.2, -0.15) is 0 Å². The first-order valence-electron chi connectivity index (χ1n) is 5.67. The van der Waals surface area contributed by atoms with Gasteiger partial charge in [-0.15, -0.1) is 0 Å². The van der Waals surface area contributed by atoms with Gasteiger partial charge in [-0.05, 0) is 0 Å². The minimum Gasteiger partial charge on any atom is -0.315 e. The lowest BCUT2D eigenvalue weighted by atomic mass is 11.8. The predicted molar refractivity (Wildman–Crippen MR) is 83.3 cm³/mol. The minimum absolute atomic E-state index is 0.846. The summed E-state index contributed by atoms with van der Waals surface area (Å²) in [6, 6.07) is 0. The largest absolute Gasteiger partial charge is 0.315 e. The first-order valence-corrected chi connectivity index (χ1v) is 17.0. The summed E-state index contributed by atoms with van der Waals surface area (Å²) in [5, 5.41) is 0. The van der Waals surface area contributed by atoms with Crippen LogP contribution in [0.2, 0.25) is 58.9 Å². The summed E-state index contributed by atoms with van der Waals surface area (Å²) < 4.78 is 6.63.